The van der Waals surface area contributed by atoms with Gasteiger partial charge in [-0.1, -0.05) is 153 Å². The summed E-state index contributed by atoms with van der Waals surface area (Å²) in [6, 6.07) is 57.3. The van der Waals surface area contributed by atoms with Crippen molar-refractivity contribution in [2.24, 2.45) is 0 Å². The lowest BCUT2D eigenvalue weighted by Gasteiger charge is -2.26. The molecular formula is C51H32O2. The highest BCUT2D eigenvalue weighted by atomic mass is 16.3. The van der Waals surface area contributed by atoms with Crippen LogP contribution in [0.5, 0.6) is 0 Å². The van der Waals surface area contributed by atoms with Crippen LogP contribution in [0.1, 0.15) is 25.0 Å². The average Bonchev–Trinajstić information content (AvgIpc) is 3.85. The standard InChI is InChI=1S/C51H32O2/c1-51(2)41-24-11-9-14-30(41)36-22-13-23-40(48(36)51)45-33-17-5-3-15-31(33)44(32-16-4-6-18-34(32)45)29-26-27-39-43(28-29)53-49-37-20-8-7-19-35(37)46-38-21-10-12-25-42(38)52-50(46)47(39)49/h3-28H,1-2H3. The quantitative estimate of drug-likeness (QED) is 0.170. The molecule has 0 radical (unpaired) electrons. The number of hydrogen-bond donors (Lipinski definition) is 0. The Labute approximate surface area is 305 Å². The molecule has 0 spiro atoms. The van der Waals surface area contributed by atoms with Crippen molar-refractivity contribution in [2.75, 3.05) is 0 Å². The molecule has 53 heavy (non-hydrogen) atoms. The molecule has 1 aliphatic rings. The molecule has 248 valence electrons. The first-order valence-electron chi connectivity index (χ1n) is 18.4. The predicted octanol–water partition coefficient (Wildman–Crippen LogP) is 14.6. The van der Waals surface area contributed by atoms with Gasteiger partial charge < -0.3 is 8.83 Å². The largest absolute Gasteiger partial charge is 0.455 e. The molecule has 9 aromatic carbocycles. The molecule has 0 saturated heterocycles. The zero-order valence-electron chi connectivity index (χ0n) is 29.3. The highest BCUT2D eigenvalue weighted by molar-refractivity contribution is 6.34. The lowest BCUT2D eigenvalue weighted by Crippen LogP contribution is -2.16. The molecule has 2 heterocycles. The van der Waals surface area contributed by atoms with Crippen LogP contribution in [0.2, 0.25) is 0 Å². The summed E-state index contributed by atoms with van der Waals surface area (Å²) in [5.41, 5.74) is 13.8. The van der Waals surface area contributed by atoms with Gasteiger partial charge in [-0.2, -0.15) is 0 Å². The van der Waals surface area contributed by atoms with Crippen molar-refractivity contribution in [3.05, 3.63) is 169 Å². The van der Waals surface area contributed by atoms with Crippen LogP contribution in [0.15, 0.2) is 167 Å². The Morgan fingerprint density at radius 1 is 0.377 bits per heavy atom. The van der Waals surface area contributed by atoms with E-state index in [9.17, 15) is 0 Å². The fourth-order valence-electron chi connectivity index (χ4n) is 9.84. The van der Waals surface area contributed by atoms with Crippen LogP contribution >= 0.6 is 0 Å². The second-order valence-electron chi connectivity index (χ2n) is 15.1. The molecule has 0 bridgehead atoms. The zero-order valence-corrected chi connectivity index (χ0v) is 29.3. The minimum Gasteiger partial charge on any atom is -0.455 e. The van der Waals surface area contributed by atoms with E-state index in [-0.39, 0.29) is 5.41 Å². The van der Waals surface area contributed by atoms with Gasteiger partial charge in [0.25, 0.3) is 0 Å². The highest BCUT2D eigenvalue weighted by Crippen LogP contribution is 2.55. The lowest BCUT2D eigenvalue weighted by molar-refractivity contribution is 0.662. The third-order valence-corrected chi connectivity index (χ3v) is 12.0. The molecular weight excluding hydrogens is 645 g/mol. The summed E-state index contributed by atoms with van der Waals surface area (Å²) in [7, 11) is 0. The fraction of sp³-hybridized carbons (Fsp3) is 0.0588. The van der Waals surface area contributed by atoms with Crippen LogP contribution < -0.4 is 0 Å². The van der Waals surface area contributed by atoms with Crippen LogP contribution in [0.3, 0.4) is 0 Å². The predicted molar refractivity (Wildman–Crippen MR) is 222 cm³/mol. The maximum absolute atomic E-state index is 6.89. The van der Waals surface area contributed by atoms with Crippen molar-refractivity contribution in [3.8, 4) is 33.4 Å². The number of benzene rings is 9. The first-order valence-corrected chi connectivity index (χ1v) is 18.4. The summed E-state index contributed by atoms with van der Waals surface area (Å²) in [5, 5.41) is 11.6. The fourth-order valence-corrected chi connectivity index (χ4v) is 9.84. The Hall–Kier alpha value is -6.64. The van der Waals surface area contributed by atoms with E-state index in [0.717, 1.165) is 60.2 Å². The molecule has 1 aliphatic carbocycles. The van der Waals surface area contributed by atoms with Gasteiger partial charge in [-0.15, -0.1) is 0 Å². The van der Waals surface area contributed by atoms with Crippen LogP contribution in [-0.2, 0) is 5.41 Å². The molecule has 2 heteroatoms. The molecule has 11 aromatic rings. The maximum atomic E-state index is 6.89. The van der Waals surface area contributed by atoms with Gasteiger partial charge in [-0.25, -0.2) is 0 Å². The van der Waals surface area contributed by atoms with Crippen molar-refractivity contribution in [1.29, 1.82) is 0 Å². The summed E-state index contributed by atoms with van der Waals surface area (Å²) in [4.78, 5) is 0. The van der Waals surface area contributed by atoms with Gasteiger partial charge in [0.05, 0.1) is 5.39 Å². The average molecular weight is 677 g/mol. The Balaban J connectivity index is 1.16. The summed E-state index contributed by atoms with van der Waals surface area (Å²) in [6.45, 7) is 4.76. The number of furan rings is 2. The summed E-state index contributed by atoms with van der Waals surface area (Å²) in [5.74, 6) is 0. The molecule has 12 rings (SSSR count). The number of rotatable bonds is 2. The topological polar surface area (TPSA) is 26.3 Å². The molecule has 2 aromatic heterocycles. The van der Waals surface area contributed by atoms with Gasteiger partial charge in [0, 0.05) is 27.0 Å². The van der Waals surface area contributed by atoms with E-state index < -0.39 is 0 Å². The van der Waals surface area contributed by atoms with Crippen molar-refractivity contribution >= 4 is 76.2 Å². The molecule has 0 atom stereocenters. The number of hydrogen-bond acceptors (Lipinski definition) is 2. The first-order chi connectivity index (χ1) is 26.1. The number of para-hydroxylation sites is 1. The van der Waals surface area contributed by atoms with E-state index in [4.69, 9.17) is 8.83 Å². The highest BCUT2D eigenvalue weighted by Gasteiger charge is 2.38. The molecule has 0 aliphatic heterocycles. The Morgan fingerprint density at radius 2 is 0.925 bits per heavy atom. The van der Waals surface area contributed by atoms with Crippen LogP contribution in [0.25, 0.3) is 110 Å². The molecule has 0 saturated carbocycles. The van der Waals surface area contributed by atoms with E-state index in [1.54, 1.807) is 0 Å². The summed E-state index contributed by atoms with van der Waals surface area (Å²) >= 11 is 0. The minimum atomic E-state index is -0.134. The van der Waals surface area contributed by atoms with Crippen molar-refractivity contribution in [2.45, 2.75) is 19.3 Å². The third-order valence-electron chi connectivity index (χ3n) is 12.0. The van der Waals surface area contributed by atoms with E-state index in [0.29, 0.717) is 0 Å². The van der Waals surface area contributed by atoms with Crippen LogP contribution in [0.4, 0.5) is 0 Å². The van der Waals surface area contributed by atoms with Gasteiger partial charge >= 0.3 is 0 Å². The Morgan fingerprint density at radius 3 is 1.68 bits per heavy atom. The third kappa shape index (κ3) is 3.72. The smallest absolute Gasteiger partial charge is 0.147 e. The Bertz CT molecular complexity index is 3310. The van der Waals surface area contributed by atoms with E-state index >= 15 is 0 Å². The second kappa shape index (κ2) is 10.2. The molecule has 2 nitrogen and oxygen atoms in total. The monoisotopic (exact) mass is 676 g/mol. The van der Waals surface area contributed by atoms with Gasteiger partial charge in [0.15, 0.2) is 0 Å². The SMILES string of the molecule is CC1(C)c2ccccc2-c2cccc(-c3c4ccccc4c(-c4ccc5c(c4)oc4c6ccccc6c6c7ccccc7oc6c54)c4ccccc34)c21. The normalized spacial score (nSPS) is 13.6. The van der Waals surface area contributed by atoms with Crippen LogP contribution in [0, 0.1) is 0 Å². The van der Waals surface area contributed by atoms with Gasteiger partial charge in [0.2, 0.25) is 0 Å². The first kappa shape index (κ1) is 29.0. The van der Waals surface area contributed by atoms with Gasteiger partial charge in [-0.05, 0) is 89.6 Å². The molecule has 0 amide bonds. The van der Waals surface area contributed by atoms with Crippen molar-refractivity contribution < 1.29 is 8.83 Å². The zero-order chi connectivity index (χ0) is 35.0. The molecule has 0 N–H and O–H groups in total. The molecule has 0 unspecified atom stereocenters. The molecule has 0 fully saturated rings. The lowest BCUT2D eigenvalue weighted by atomic mass is 9.77. The van der Waals surface area contributed by atoms with Gasteiger partial charge in [0.1, 0.15) is 22.3 Å². The summed E-state index contributed by atoms with van der Waals surface area (Å²) in [6.07, 6.45) is 0. The van der Waals surface area contributed by atoms with Crippen LogP contribution in [-0.4, -0.2) is 0 Å². The van der Waals surface area contributed by atoms with Crippen molar-refractivity contribution in [3.63, 3.8) is 0 Å². The Kier molecular flexibility index (Phi) is 5.60. The van der Waals surface area contributed by atoms with Crippen molar-refractivity contribution in [1.82, 2.24) is 0 Å². The van der Waals surface area contributed by atoms with E-state index in [1.807, 2.05) is 6.07 Å². The maximum Gasteiger partial charge on any atom is 0.147 e. The van der Waals surface area contributed by atoms with Gasteiger partial charge in [-0.3, -0.25) is 0 Å². The summed E-state index contributed by atoms with van der Waals surface area (Å²) < 4.78 is 13.5. The number of fused-ring (bicyclic) bond motifs is 15. The second-order valence-corrected chi connectivity index (χ2v) is 15.1. The minimum absolute atomic E-state index is 0.134. The van der Waals surface area contributed by atoms with E-state index in [2.05, 4.69) is 166 Å². The van der Waals surface area contributed by atoms with E-state index in [1.165, 1.54) is 60.5 Å².